The molecular weight excluding hydrogens is 429 g/mol. The van der Waals surface area contributed by atoms with E-state index in [0.717, 1.165) is 51.7 Å². The fourth-order valence-electron chi connectivity index (χ4n) is 3.66. The largest absolute Gasteiger partial charge is 0.381 e. The Morgan fingerprint density at radius 3 is 2.72 bits per heavy atom. The second-order valence-corrected chi connectivity index (χ2v) is 6.79. The van der Waals surface area contributed by atoms with Crippen LogP contribution in [0, 0.1) is 11.8 Å². The Morgan fingerprint density at radius 1 is 1.24 bits per heavy atom. The van der Waals surface area contributed by atoms with E-state index in [4.69, 9.17) is 9.47 Å². The van der Waals surface area contributed by atoms with Crippen molar-refractivity contribution in [3.63, 3.8) is 0 Å². The molecule has 5 nitrogen and oxygen atoms in total. The fourth-order valence-corrected chi connectivity index (χ4v) is 3.66. The van der Waals surface area contributed by atoms with Crippen molar-refractivity contribution in [1.82, 2.24) is 10.2 Å². The van der Waals surface area contributed by atoms with Gasteiger partial charge in [-0.3, -0.25) is 4.99 Å². The van der Waals surface area contributed by atoms with Crippen molar-refractivity contribution in [2.45, 2.75) is 18.9 Å². The Bertz CT molecular complexity index is 535. The molecule has 2 aliphatic rings. The monoisotopic (exact) mass is 459 g/mol. The van der Waals surface area contributed by atoms with E-state index in [0.29, 0.717) is 11.8 Å². The van der Waals surface area contributed by atoms with Crippen LogP contribution < -0.4 is 5.32 Å². The Morgan fingerprint density at radius 2 is 2.04 bits per heavy atom. The molecule has 0 radical (unpaired) electrons. The third-order valence-electron chi connectivity index (χ3n) is 4.99. The standard InChI is InChI=1S/C19H29N3O2.HI/c1-20-19(22(2)13-15-8-10-23-14-15)21-12-17-9-11-24-18(17)16-6-4-3-5-7-16;/h3-7,15,17-18H,8-14H2,1-2H3,(H,20,21);1H. The molecule has 140 valence electrons. The highest BCUT2D eigenvalue weighted by Crippen LogP contribution is 2.33. The molecule has 25 heavy (non-hydrogen) atoms. The molecule has 3 unspecified atom stereocenters. The van der Waals surface area contributed by atoms with E-state index >= 15 is 0 Å². The summed E-state index contributed by atoms with van der Waals surface area (Å²) in [6, 6.07) is 10.5. The zero-order chi connectivity index (χ0) is 16.8. The van der Waals surface area contributed by atoms with E-state index < -0.39 is 0 Å². The number of ether oxygens (including phenoxy) is 2. The minimum atomic E-state index is 0. The second-order valence-electron chi connectivity index (χ2n) is 6.79. The van der Waals surface area contributed by atoms with Crippen LogP contribution in [0.1, 0.15) is 24.5 Å². The number of rotatable bonds is 5. The van der Waals surface area contributed by atoms with Gasteiger partial charge in [0.2, 0.25) is 0 Å². The SMILES string of the molecule is CN=C(NCC1CCOC1c1ccccc1)N(C)CC1CCOC1.I. The van der Waals surface area contributed by atoms with E-state index in [9.17, 15) is 0 Å². The number of benzene rings is 1. The van der Waals surface area contributed by atoms with Gasteiger partial charge in [-0.2, -0.15) is 0 Å². The van der Waals surface area contributed by atoms with E-state index in [2.05, 4.69) is 52.6 Å². The summed E-state index contributed by atoms with van der Waals surface area (Å²) < 4.78 is 11.4. The third kappa shape index (κ3) is 5.56. The Labute approximate surface area is 168 Å². The van der Waals surface area contributed by atoms with E-state index in [1.165, 1.54) is 5.56 Å². The number of halogens is 1. The minimum Gasteiger partial charge on any atom is -0.381 e. The molecule has 2 aliphatic heterocycles. The van der Waals surface area contributed by atoms with Gasteiger partial charge in [-0.1, -0.05) is 30.3 Å². The molecule has 1 N–H and O–H groups in total. The molecule has 2 saturated heterocycles. The van der Waals surface area contributed by atoms with E-state index in [1.807, 2.05) is 7.05 Å². The maximum Gasteiger partial charge on any atom is 0.193 e. The highest BCUT2D eigenvalue weighted by Gasteiger charge is 2.30. The van der Waals surface area contributed by atoms with Gasteiger partial charge >= 0.3 is 0 Å². The molecule has 0 spiro atoms. The lowest BCUT2D eigenvalue weighted by atomic mass is 9.95. The molecular formula is C19H30IN3O2. The van der Waals surface area contributed by atoms with Crippen molar-refractivity contribution < 1.29 is 9.47 Å². The second kappa shape index (κ2) is 10.3. The van der Waals surface area contributed by atoms with Crippen molar-refractivity contribution >= 4 is 29.9 Å². The van der Waals surface area contributed by atoms with Crippen LogP contribution in [-0.4, -0.2) is 57.9 Å². The summed E-state index contributed by atoms with van der Waals surface area (Å²) in [6.45, 7) is 4.47. The average Bonchev–Trinajstić information content (AvgIpc) is 3.28. The lowest BCUT2D eigenvalue weighted by molar-refractivity contribution is 0.0913. The Balaban J connectivity index is 0.00000225. The van der Waals surface area contributed by atoms with Crippen molar-refractivity contribution in [3.8, 4) is 0 Å². The first kappa shape index (κ1) is 20.5. The smallest absolute Gasteiger partial charge is 0.193 e. The van der Waals surface area contributed by atoms with Gasteiger partial charge in [-0.25, -0.2) is 0 Å². The van der Waals surface area contributed by atoms with E-state index in [1.54, 1.807) is 0 Å². The van der Waals surface area contributed by atoms with Gasteiger partial charge in [0.05, 0.1) is 12.7 Å². The molecule has 1 aromatic rings. The summed E-state index contributed by atoms with van der Waals surface area (Å²) in [5.41, 5.74) is 1.27. The van der Waals surface area contributed by atoms with Crippen molar-refractivity contribution in [2.24, 2.45) is 16.8 Å². The first-order valence-corrected chi connectivity index (χ1v) is 8.94. The number of nitrogens with zero attached hydrogens (tertiary/aromatic N) is 2. The normalized spacial score (nSPS) is 26.3. The molecule has 2 fully saturated rings. The van der Waals surface area contributed by atoms with Crippen molar-refractivity contribution in [1.29, 1.82) is 0 Å². The maximum absolute atomic E-state index is 5.98. The number of nitrogens with one attached hydrogen (secondary N) is 1. The van der Waals surface area contributed by atoms with Gasteiger partial charge in [0.1, 0.15) is 0 Å². The zero-order valence-electron chi connectivity index (χ0n) is 15.2. The van der Waals surface area contributed by atoms with Gasteiger partial charge in [0.25, 0.3) is 0 Å². The van der Waals surface area contributed by atoms with Crippen LogP contribution in [0.3, 0.4) is 0 Å². The lowest BCUT2D eigenvalue weighted by Gasteiger charge is -2.26. The molecule has 3 rings (SSSR count). The molecule has 0 saturated carbocycles. The molecule has 2 heterocycles. The van der Waals surface area contributed by atoms with Gasteiger partial charge in [0, 0.05) is 52.2 Å². The van der Waals surface area contributed by atoms with Crippen LogP contribution in [0.25, 0.3) is 0 Å². The van der Waals surface area contributed by atoms with Crippen LogP contribution in [-0.2, 0) is 9.47 Å². The highest BCUT2D eigenvalue weighted by atomic mass is 127. The van der Waals surface area contributed by atoms with E-state index in [-0.39, 0.29) is 30.1 Å². The van der Waals surface area contributed by atoms with Crippen LogP contribution in [0.5, 0.6) is 0 Å². The summed E-state index contributed by atoms with van der Waals surface area (Å²) >= 11 is 0. The molecule has 0 bridgehead atoms. The predicted molar refractivity (Wildman–Crippen MR) is 112 cm³/mol. The number of hydrogen-bond acceptors (Lipinski definition) is 3. The molecule has 0 aromatic heterocycles. The Hall–Kier alpha value is -0.860. The predicted octanol–water partition coefficient (Wildman–Crippen LogP) is 2.93. The highest BCUT2D eigenvalue weighted by molar-refractivity contribution is 14.0. The summed E-state index contributed by atoms with van der Waals surface area (Å²) in [6.07, 6.45) is 2.42. The van der Waals surface area contributed by atoms with Gasteiger partial charge in [-0.05, 0) is 18.4 Å². The van der Waals surface area contributed by atoms with Crippen LogP contribution in [0.15, 0.2) is 35.3 Å². The van der Waals surface area contributed by atoms with Crippen molar-refractivity contribution in [3.05, 3.63) is 35.9 Å². The molecule has 6 heteroatoms. The summed E-state index contributed by atoms with van der Waals surface area (Å²) in [5.74, 6) is 2.05. The number of aliphatic imine (C=N–C) groups is 1. The lowest BCUT2D eigenvalue weighted by Crippen LogP contribution is -2.43. The van der Waals surface area contributed by atoms with Crippen LogP contribution >= 0.6 is 24.0 Å². The van der Waals surface area contributed by atoms with Crippen LogP contribution in [0.4, 0.5) is 0 Å². The molecule has 0 aliphatic carbocycles. The summed E-state index contributed by atoms with van der Waals surface area (Å²) in [4.78, 5) is 6.65. The number of hydrogen-bond donors (Lipinski definition) is 1. The van der Waals surface area contributed by atoms with Gasteiger partial charge in [-0.15, -0.1) is 24.0 Å². The van der Waals surface area contributed by atoms with Crippen LogP contribution in [0.2, 0.25) is 0 Å². The summed E-state index contributed by atoms with van der Waals surface area (Å²) in [7, 11) is 3.96. The van der Waals surface area contributed by atoms with Gasteiger partial charge in [0.15, 0.2) is 5.96 Å². The first-order chi connectivity index (χ1) is 11.8. The molecule has 3 atom stereocenters. The minimum absolute atomic E-state index is 0. The van der Waals surface area contributed by atoms with Gasteiger partial charge < -0.3 is 19.7 Å². The van der Waals surface area contributed by atoms with Crippen molar-refractivity contribution in [2.75, 3.05) is 47.0 Å². The Kier molecular flexibility index (Phi) is 8.45. The first-order valence-electron chi connectivity index (χ1n) is 8.94. The maximum atomic E-state index is 5.98. The number of guanidine groups is 1. The quantitative estimate of drug-likeness (QED) is 0.418. The fraction of sp³-hybridized carbons (Fsp3) is 0.632. The average molecular weight is 459 g/mol. The molecule has 0 amide bonds. The summed E-state index contributed by atoms with van der Waals surface area (Å²) in [5, 5.41) is 3.54. The zero-order valence-corrected chi connectivity index (χ0v) is 17.5. The molecule has 1 aromatic carbocycles. The topological polar surface area (TPSA) is 46.1 Å². The third-order valence-corrected chi connectivity index (χ3v) is 4.99.